The fourth-order valence-corrected chi connectivity index (χ4v) is 4.89. The fraction of sp³-hybridized carbons (Fsp3) is 0.500. The van der Waals surface area contributed by atoms with Crippen molar-refractivity contribution in [3.05, 3.63) is 41.1 Å². The predicted octanol–water partition coefficient (Wildman–Crippen LogP) is 3.45. The molecule has 148 valence electrons. The molecule has 2 atom stereocenters. The zero-order valence-electron chi connectivity index (χ0n) is 16.4. The molecule has 1 aromatic rings. The van der Waals surface area contributed by atoms with Crippen molar-refractivity contribution in [2.75, 3.05) is 32.6 Å². The first-order valence-electron chi connectivity index (χ1n) is 9.92. The van der Waals surface area contributed by atoms with Crippen molar-refractivity contribution < 1.29 is 14.3 Å². The third kappa shape index (κ3) is 3.55. The van der Waals surface area contributed by atoms with Crippen molar-refractivity contribution in [3.63, 3.8) is 0 Å². The number of benzene rings is 1. The summed E-state index contributed by atoms with van der Waals surface area (Å²) in [5.74, 6) is -0.449. The Labute approximate surface area is 170 Å². The van der Waals surface area contributed by atoms with Gasteiger partial charge in [0.25, 0.3) is 0 Å². The maximum Gasteiger partial charge on any atom is 0.232 e. The summed E-state index contributed by atoms with van der Waals surface area (Å²) in [5.41, 5.74) is 3.50. The summed E-state index contributed by atoms with van der Waals surface area (Å²) < 4.78 is 5.41. The van der Waals surface area contributed by atoms with Gasteiger partial charge in [-0.05, 0) is 43.7 Å². The van der Waals surface area contributed by atoms with Crippen molar-refractivity contribution >= 4 is 29.2 Å². The number of hydrogen-bond acceptors (Lipinski definition) is 5. The second-order valence-corrected chi connectivity index (χ2v) is 8.44. The van der Waals surface area contributed by atoms with E-state index in [4.69, 9.17) is 9.73 Å². The van der Waals surface area contributed by atoms with E-state index in [1.54, 1.807) is 11.8 Å². The summed E-state index contributed by atoms with van der Waals surface area (Å²) in [6.07, 6.45) is 4.25. The number of rotatable bonds is 3. The minimum Gasteiger partial charge on any atom is -0.378 e. The van der Waals surface area contributed by atoms with Crippen LogP contribution in [0.1, 0.15) is 37.7 Å². The molecule has 1 unspecified atom stereocenters. The highest BCUT2D eigenvalue weighted by Crippen LogP contribution is 2.44. The average Bonchev–Trinajstić information content (AvgIpc) is 2.73. The quantitative estimate of drug-likeness (QED) is 0.732. The molecular formula is C22H26N2O3S. The third-order valence-electron chi connectivity index (χ3n) is 5.90. The number of thioether (sulfide) groups is 1. The lowest BCUT2D eigenvalue weighted by molar-refractivity contribution is -0.137. The number of Topliss-reactive ketones (excluding diaryl/α,β-unsaturated/α-hetero) is 1. The van der Waals surface area contributed by atoms with E-state index in [9.17, 15) is 9.59 Å². The Balaban J connectivity index is 1.78. The van der Waals surface area contributed by atoms with Gasteiger partial charge in [-0.1, -0.05) is 12.1 Å². The first-order valence-corrected chi connectivity index (χ1v) is 11.1. The molecule has 0 radical (unpaired) electrons. The van der Waals surface area contributed by atoms with Crippen molar-refractivity contribution in [1.82, 2.24) is 4.90 Å². The minimum atomic E-state index is -0.418. The first kappa shape index (κ1) is 19.4. The first-order chi connectivity index (χ1) is 13.6. The number of morpholine rings is 1. The van der Waals surface area contributed by atoms with Crippen LogP contribution in [0.3, 0.4) is 0 Å². The minimum absolute atomic E-state index is 0.0633. The molecule has 0 saturated carbocycles. The predicted molar refractivity (Wildman–Crippen MR) is 111 cm³/mol. The lowest BCUT2D eigenvalue weighted by atomic mass is 9.71. The topological polar surface area (TPSA) is 59.0 Å². The molecule has 6 heteroatoms. The van der Waals surface area contributed by atoms with Gasteiger partial charge in [0.1, 0.15) is 0 Å². The van der Waals surface area contributed by atoms with E-state index in [1.807, 2.05) is 18.1 Å². The SMILES string of the molecule is CSc1ccc([C@H]2C3=C(CCCC3=O)N=C(C)C2C(=O)N2CCOCC2)cc1. The highest BCUT2D eigenvalue weighted by Gasteiger charge is 2.43. The molecule has 2 aliphatic heterocycles. The molecule has 1 saturated heterocycles. The number of amides is 1. The van der Waals surface area contributed by atoms with Crippen LogP contribution in [0.5, 0.6) is 0 Å². The maximum atomic E-state index is 13.5. The smallest absolute Gasteiger partial charge is 0.232 e. The molecule has 1 aromatic carbocycles. The molecule has 0 N–H and O–H groups in total. The number of ketones is 1. The number of aliphatic imine (C=N–C) groups is 1. The van der Waals surface area contributed by atoms with E-state index in [1.165, 1.54) is 4.90 Å². The number of ether oxygens (including phenoxy) is 1. The van der Waals surface area contributed by atoms with Crippen LogP contribution in [0.15, 0.2) is 45.4 Å². The number of carbonyl (C=O) groups is 2. The van der Waals surface area contributed by atoms with E-state index >= 15 is 0 Å². The number of nitrogens with zero attached hydrogens (tertiary/aromatic N) is 2. The van der Waals surface area contributed by atoms with Gasteiger partial charge in [0.2, 0.25) is 5.91 Å². The summed E-state index contributed by atoms with van der Waals surface area (Å²) in [4.78, 5) is 34.2. The van der Waals surface area contributed by atoms with E-state index in [2.05, 4.69) is 24.3 Å². The Morgan fingerprint density at radius 1 is 1.18 bits per heavy atom. The van der Waals surface area contributed by atoms with Gasteiger partial charge >= 0.3 is 0 Å². The van der Waals surface area contributed by atoms with Gasteiger partial charge in [0.15, 0.2) is 5.78 Å². The van der Waals surface area contributed by atoms with Crippen LogP contribution < -0.4 is 0 Å². The summed E-state index contributed by atoms with van der Waals surface area (Å²) in [5, 5.41) is 0. The van der Waals surface area contributed by atoms with Gasteiger partial charge in [0, 0.05) is 47.3 Å². The molecular weight excluding hydrogens is 372 g/mol. The average molecular weight is 399 g/mol. The Morgan fingerprint density at radius 2 is 1.89 bits per heavy atom. The lowest BCUT2D eigenvalue weighted by Crippen LogP contribution is -2.48. The summed E-state index contributed by atoms with van der Waals surface area (Å²) in [7, 11) is 0. The number of carbonyl (C=O) groups excluding carboxylic acids is 2. The van der Waals surface area contributed by atoms with Crippen molar-refractivity contribution in [2.24, 2.45) is 10.9 Å². The van der Waals surface area contributed by atoms with Crippen molar-refractivity contribution in [2.45, 2.75) is 37.0 Å². The van der Waals surface area contributed by atoms with Crippen LogP contribution in [-0.4, -0.2) is 54.9 Å². The third-order valence-corrected chi connectivity index (χ3v) is 6.64. The lowest BCUT2D eigenvalue weighted by Gasteiger charge is -2.38. The van der Waals surface area contributed by atoms with Crippen LogP contribution in [-0.2, 0) is 14.3 Å². The van der Waals surface area contributed by atoms with Crippen LogP contribution in [0.25, 0.3) is 0 Å². The molecule has 1 fully saturated rings. The van der Waals surface area contributed by atoms with E-state index in [-0.39, 0.29) is 17.6 Å². The molecule has 28 heavy (non-hydrogen) atoms. The highest BCUT2D eigenvalue weighted by atomic mass is 32.2. The molecule has 2 heterocycles. The Bertz CT molecular complexity index is 838. The van der Waals surface area contributed by atoms with Crippen LogP contribution >= 0.6 is 11.8 Å². The van der Waals surface area contributed by atoms with Gasteiger partial charge in [-0.3, -0.25) is 14.6 Å². The summed E-state index contributed by atoms with van der Waals surface area (Å²) in [6, 6.07) is 8.29. The maximum absolute atomic E-state index is 13.5. The normalized spacial score (nSPS) is 25.4. The van der Waals surface area contributed by atoms with Gasteiger partial charge in [-0.2, -0.15) is 0 Å². The zero-order valence-corrected chi connectivity index (χ0v) is 17.3. The Hall–Kier alpha value is -1.92. The van der Waals surface area contributed by atoms with Crippen LogP contribution in [0.2, 0.25) is 0 Å². The van der Waals surface area contributed by atoms with E-state index in [0.29, 0.717) is 32.7 Å². The molecule has 0 aromatic heterocycles. The number of allylic oxidation sites excluding steroid dienone is 2. The monoisotopic (exact) mass is 398 g/mol. The molecule has 3 aliphatic rings. The molecule has 0 spiro atoms. The molecule has 4 rings (SSSR count). The van der Waals surface area contributed by atoms with Crippen LogP contribution in [0, 0.1) is 5.92 Å². The van der Waals surface area contributed by atoms with Crippen LogP contribution in [0.4, 0.5) is 0 Å². The molecule has 0 bridgehead atoms. The molecule has 1 amide bonds. The molecule has 5 nitrogen and oxygen atoms in total. The van der Waals surface area contributed by atoms with Gasteiger partial charge < -0.3 is 9.64 Å². The Kier molecular flexibility index (Phi) is 5.69. The number of hydrogen-bond donors (Lipinski definition) is 0. The summed E-state index contributed by atoms with van der Waals surface area (Å²) in [6.45, 7) is 4.26. The standard InChI is InChI=1S/C22H26N2O3S/c1-14-19(22(26)24-10-12-27-13-11-24)20(15-6-8-16(28-2)9-7-15)21-17(23-14)4-3-5-18(21)25/h6-9,19-20H,3-5,10-13H2,1-2H3/t19?,20-/m1/s1. The highest BCUT2D eigenvalue weighted by molar-refractivity contribution is 7.98. The van der Waals surface area contributed by atoms with E-state index < -0.39 is 5.92 Å². The van der Waals surface area contributed by atoms with E-state index in [0.717, 1.165) is 35.4 Å². The summed E-state index contributed by atoms with van der Waals surface area (Å²) >= 11 is 1.69. The second kappa shape index (κ2) is 8.21. The fourth-order valence-electron chi connectivity index (χ4n) is 4.48. The van der Waals surface area contributed by atoms with Gasteiger partial charge in [-0.15, -0.1) is 11.8 Å². The molecule has 1 aliphatic carbocycles. The van der Waals surface area contributed by atoms with Crippen molar-refractivity contribution in [3.8, 4) is 0 Å². The van der Waals surface area contributed by atoms with Gasteiger partial charge in [0.05, 0.1) is 19.1 Å². The zero-order chi connectivity index (χ0) is 19.7. The Morgan fingerprint density at radius 3 is 2.57 bits per heavy atom. The van der Waals surface area contributed by atoms with Gasteiger partial charge in [-0.25, -0.2) is 0 Å². The largest absolute Gasteiger partial charge is 0.378 e. The van der Waals surface area contributed by atoms with Crippen molar-refractivity contribution in [1.29, 1.82) is 0 Å². The second-order valence-electron chi connectivity index (χ2n) is 7.56.